The van der Waals surface area contributed by atoms with E-state index in [4.69, 9.17) is 16.3 Å². The molecule has 1 saturated carbocycles. The van der Waals surface area contributed by atoms with E-state index in [1.807, 2.05) is 6.92 Å². The molecule has 0 bridgehead atoms. The Bertz CT molecular complexity index is 1790. The van der Waals surface area contributed by atoms with Crippen molar-refractivity contribution in [3.05, 3.63) is 64.8 Å². The van der Waals surface area contributed by atoms with Gasteiger partial charge in [0, 0.05) is 18.7 Å². The second kappa shape index (κ2) is 11.4. The first-order valence-electron chi connectivity index (χ1n) is 13.4. The fourth-order valence-electron chi connectivity index (χ4n) is 5.13. The topological polar surface area (TPSA) is 137 Å². The van der Waals surface area contributed by atoms with E-state index in [1.54, 1.807) is 28.9 Å². The number of amides is 2. The first-order chi connectivity index (χ1) is 21.0. The molecule has 1 aliphatic heterocycles. The van der Waals surface area contributed by atoms with E-state index in [9.17, 15) is 22.8 Å². The molecule has 1 aromatic carbocycles. The number of nitrogens with zero attached hydrogens (tertiary/aromatic N) is 7. The van der Waals surface area contributed by atoms with Crippen molar-refractivity contribution in [2.75, 3.05) is 23.9 Å². The summed E-state index contributed by atoms with van der Waals surface area (Å²) in [5.41, 5.74) is 0.329. The molecule has 44 heavy (non-hydrogen) atoms. The first-order valence-corrected chi connectivity index (χ1v) is 13.8. The van der Waals surface area contributed by atoms with Crippen LogP contribution in [0, 0.1) is 24.6 Å². The van der Waals surface area contributed by atoms with Gasteiger partial charge in [-0.05, 0) is 38.3 Å². The fraction of sp³-hybridized carbons (Fsp3) is 0.321. The van der Waals surface area contributed by atoms with Gasteiger partial charge in [-0.3, -0.25) is 24.2 Å². The lowest BCUT2D eigenvalue weighted by atomic mass is 10.1. The van der Waals surface area contributed by atoms with Crippen molar-refractivity contribution in [1.29, 1.82) is 0 Å². The summed E-state index contributed by atoms with van der Waals surface area (Å²) in [6.07, 6.45) is 6.53. The average Bonchev–Trinajstić information content (AvgIpc) is 3.50. The van der Waals surface area contributed by atoms with Crippen LogP contribution in [0.1, 0.15) is 41.3 Å². The van der Waals surface area contributed by atoms with Gasteiger partial charge in [0.15, 0.2) is 17.3 Å². The number of rotatable bonds is 9. The van der Waals surface area contributed by atoms with Gasteiger partial charge in [0.1, 0.15) is 5.75 Å². The number of benzene rings is 1. The smallest absolute Gasteiger partial charge is 0.387 e. The molecule has 3 aromatic heterocycles. The Kier molecular flexibility index (Phi) is 7.57. The highest BCUT2D eigenvalue weighted by atomic mass is 35.5. The number of fused-ring (bicyclic) bond motifs is 1. The number of anilines is 2. The molecule has 12 nitrogen and oxygen atoms in total. The number of carbonyl (C=O) groups is 2. The van der Waals surface area contributed by atoms with Crippen LogP contribution < -0.4 is 19.7 Å². The Morgan fingerprint density at radius 2 is 1.98 bits per heavy atom. The Morgan fingerprint density at radius 3 is 2.66 bits per heavy atom. The van der Waals surface area contributed by atoms with Crippen LogP contribution in [0.5, 0.6) is 11.6 Å². The van der Waals surface area contributed by atoms with Gasteiger partial charge in [0.2, 0.25) is 11.8 Å². The number of ether oxygens (including phenoxy) is 2. The van der Waals surface area contributed by atoms with E-state index in [0.717, 1.165) is 24.8 Å². The monoisotopic (exact) mass is 628 g/mol. The van der Waals surface area contributed by atoms with Crippen molar-refractivity contribution in [2.45, 2.75) is 32.9 Å². The third-order valence-corrected chi connectivity index (χ3v) is 7.77. The molecule has 0 spiro atoms. The molecular weight excluding hydrogens is 605 g/mol. The number of methoxy groups -OCH3 is 1. The molecule has 2 aliphatic rings. The average molecular weight is 629 g/mol. The molecule has 4 aromatic rings. The maximum absolute atomic E-state index is 14.9. The minimum absolute atomic E-state index is 0.0900. The molecule has 0 radical (unpaired) electrons. The van der Waals surface area contributed by atoms with Crippen LogP contribution in [0.25, 0.3) is 11.3 Å². The standard InChI is InChI=1S/C28H24ClF3N8O4/c1-12-24(39-10-14-6-16(14)27(39)42)33-8-18(36-12)13(2)40-11-15(7-35-40)37-25(41)23-26(43-3)34-9-19(38-23)21-20(44-28(31)32)5-4-17(29)22(21)30/h4-5,7-9,11,13-14,16,28H,6,10H2,1-3H3,(H,37,41)/t13-,14+,16+/m0/s1. The molecule has 2 fully saturated rings. The quantitative estimate of drug-likeness (QED) is 0.280. The number of nitrogens with one attached hydrogen (secondary N) is 1. The van der Waals surface area contributed by atoms with E-state index < -0.39 is 29.6 Å². The number of alkyl halides is 2. The van der Waals surface area contributed by atoms with Crippen molar-refractivity contribution in [2.24, 2.45) is 11.8 Å². The second-order valence-electron chi connectivity index (χ2n) is 10.3. The van der Waals surface area contributed by atoms with Gasteiger partial charge >= 0.3 is 6.61 Å². The molecule has 2 amide bonds. The van der Waals surface area contributed by atoms with Crippen LogP contribution in [-0.2, 0) is 4.79 Å². The summed E-state index contributed by atoms with van der Waals surface area (Å²) >= 11 is 5.87. The Morgan fingerprint density at radius 1 is 1.18 bits per heavy atom. The molecule has 6 rings (SSSR count). The van der Waals surface area contributed by atoms with Crippen LogP contribution in [0.2, 0.25) is 5.02 Å². The number of hydrogen-bond donors (Lipinski definition) is 1. The minimum Gasteiger partial charge on any atom is -0.479 e. The maximum atomic E-state index is 14.9. The van der Waals surface area contributed by atoms with Crippen LogP contribution >= 0.6 is 11.6 Å². The largest absolute Gasteiger partial charge is 0.479 e. The van der Waals surface area contributed by atoms with Crippen molar-refractivity contribution in [1.82, 2.24) is 29.7 Å². The molecule has 1 N–H and O–H groups in total. The number of aromatic nitrogens is 6. The maximum Gasteiger partial charge on any atom is 0.387 e. The first kappa shape index (κ1) is 29.3. The summed E-state index contributed by atoms with van der Waals surface area (Å²) in [6.45, 7) is 1.04. The summed E-state index contributed by atoms with van der Waals surface area (Å²) in [4.78, 5) is 44.7. The van der Waals surface area contributed by atoms with Gasteiger partial charge in [0.05, 0.1) is 65.1 Å². The van der Waals surface area contributed by atoms with Gasteiger partial charge in [-0.25, -0.2) is 19.3 Å². The summed E-state index contributed by atoms with van der Waals surface area (Å²) in [7, 11) is 1.25. The highest BCUT2D eigenvalue weighted by Gasteiger charge is 2.53. The normalized spacial score (nSPS) is 17.9. The van der Waals surface area contributed by atoms with Crippen LogP contribution in [0.15, 0.2) is 36.9 Å². The van der Waals surface area contributed by atoms with Crippen LogP contribution in [0.4, 0.5) is 24.7 Å². The van der Waals surface area contributed by atoms with Crippen LogP contribution in [0.3, 0.4) is 0 Å². The van der Waals surface area contributed by atoms with Crippen molar-refractivity contribution < 1.29 is 32.2 Å². The number of aryl methyl sites for hydroxylation is 1. The minimum atomic E-state index is -3.25. The lowest BCUT2D eigenvalue weighted by Crippen LogP contribution is -2.30. The Hall–Kier alpha value is -4.79. The van der Waals surface area contributed by atoms with Gasteiger partial charge < -0.3 is 14.8 Å². The van der Waals surface area contributed by atoms with E-state index >= 15 is 0 Å². The third-order valence-electron chi connectivity index (χ3n) is 7.48. The van der Waals surface area contributed by atoms with Crippen molar-refractivity contribution in [3.63, 3.8) is 0 Å². The highest BCUT2D eigenvalue weighted by molar-refractivity contribution is 6.31. The van der Waals surface area contributed by atoms with Crippen LogP contribution in [-0.4, -0.2) is 61.8 Å². The van der Waals surface area contributed by atoms with E-state index in [-0.39, 0.29) is 45.8 Å². The molecule has 0 unspecified atom stereocenters. The lowest BCUT2D eigenvalue weighted by molar-refractivity contribution is -0.118. The third kappa shape index (κ3) is 5.38. The number of halogens is 4. The van der Waals surface area contributed by atoms with Gasteiger partial charge in [-0.2, -0.15) is 13.9 Å². The zero-order valence-corrected chi connectivity index (χ0v) is 24.2. The van der Waals surface area contributed by atoms with Crippen molar-refractivity contribution >= 4 is 34.9 Å². The molecule has 1 aliphatic carbocycles. The summed E-state index contributed by atoms with van der Waals surface area (Å²) in [6, 6.07) is 1.72. The molecule has 228 valence electrons. The van der Waals surface area contributed by atoms with E-state index in [1.165, 1.54) is 13.3 Å². The molecule has 16 heteroatoms. The van der Waals surface area contributed by atoms with Gasteiger partial charge in [0.25, 0.3) is 5.91 Å². The van der Waals surface area contributed by atoms with Gasteiger partial charge in [-0.1, -0.05) is 11.6 Å². The molecular formula is C28H24ClF3N8O4. The predicted molar refractivity (Wildman–Crippen MR) is 150 cm³/mol. The lowest BCUT2D eigenvalue weighted by Gasteiger charge is -2.20. The highest BCUT2D eigenvalue weighted by Crippen LogP contribution is 2.47. The Labute approximate surface area is 253 Å². The fourth-order valence-corrected chi connectivity index (χ4v) is 5.29. The number of carbonyl (C=O) groups excluding carboxylic acids is 2. The predicted octanol–water partition coefficient (Wildman–Crippen LogP) is 4.69. The molecule has 4 heterocycles. The second-order valence-corrected chi connectivity index (χ2v) is 10.7. The Balaban J connectivity index is 1.22. The van der Waals surface area contributed by atoms with E-state index in [2.05, 4.69) is 35.1 Å². The zero-order chi connectivity index (χ0) is 31.3. The summed E-state index contributed by atoms with van der Waals surface area (Å²) in [5.74, 6) is -1.47. The summed E-state index contributed by atoms with van der Waals surface area (Å²) in [5, 5.41) is 6.57. The molecule has 3 atom stereocenters. The van der Waals surface area contributed by atoms with Gasteiger partial charge in [-0.15, -0.1) is 0 Å². The molecule has 1 saturated heterocycles. The van der Waals surface area contributed by atoms with E-state index in [0.29, 0.717) is 29.7 Å². The number of hydrogen-bond acceptors (Lipinski definition) is 9. The van der Waals surface area contributed by atoms with Crippen molar-refractivity contribution in [3.8, 4) is 22.9 Å². The summed E-state index contributed by atoms with van der Waals surface area (Å²) < 4.78 is 52.1. The number of piperidine rings is 1. The SMILES string of the molecule is COc1ncc(-c2c(OC(F)F)ccc(Cl)c2F)nc1C(=O)Nc1cnn([C@@H](C)c2cnc(N3C[C@H]4C[C@H]4C3=O)c(C)n2)c1. The zero-order valence-electron chi connectivity index (χ0n) is 23.5.